The fourth-order valence-electron chi connectivity index (χ4n) is 4.73. The molecule has 26 heavy (non-hydrogen) atoms. The molecule has 0 bridgehead atoms. The topological polar surface area (TPSA) is 35.2 Å². The zero-order valence-electron chi connectivity index (χ0n) is 15.8. The lowest BCUT2D eigenvalue weighted by molar-refractivity contribution is 0.223. The Morgan fingerprint density at radius 3 is 2.50 bits per heavy atom. The average Bonchev–Trinajstić information content (AvgIpc) is 3.21. The SMILES string of the molecule is CCc1nc(CN2C[C@@H]3CN(C)[C@@H](c4ccccc4)[C@@H]3C2)c(C)[nH]1.Cl.Cl. The lowest BCUT2D eigenvalue weighted by atomic mass is 9.90. The maximum atomic E-state index is 4.77. The molecular formula is C20H30Cl2N4. The molecule has 0 radical (unpaired) electrons. The van der Waals surface area contributed by atoms with E-state index >= 15 is 0 Å². The van der Waals surface area contributed by atoms with Crippen LogP contribution >= 0.6 is 24.8 Å². The number of nitrogens with zero attached hydrogens (tertiary/aromatic N) is 3. The predicted molar refractivity (Wildman–Crippen MR) is 111 cm³/mol. The van der Waals surface area contributed by atoms with E-state index in [0.29, 0.717) is 6.04 Å². The van der Waals surface area contributed by atoms with Crippen LogP contribution in [0.25, 0.3) is 0 Å². The summed E-state index contributed by atoms with van der Waals surface area (Å²) >= 11 is 0. The van der Waals surface area contributed by atoms with Gasteiger partial charge in [-0.05, 0) is 31.4 Å². The summed E-state index contributed by atoms with van der Waals surface area (Å²) in [5.74, 6) is 2.64. The van der Waals surface area contributed by atoms with Gasteiger partial charge in [0.2, 0.25) is 0 Å². The minimum absolute atomic E-state index is 0. The Morgan fingerprint density at radius 1 is 1.12 bits per heavy atom. The van der Waals surface area contributed by atoms with E-state index < -0.39 is 0 Å². The zero-order chi connectivity index (χ0) is 16.7. The van der Waals surface area contributed by atoms with Crippen molar-refractivity contribution in [2.45, 2.75) is 32.9 Å². The highest BCUT2D eigenvalue weighted by Crippen LogP contribution is 2.44. The first-order valence-corrected chi connectivity index (χ1v) is 9.17. The van der Waals surface area contributed by atoms with Gasteiger partial charge in [0, 0.05) is 44.3 Å². The number of likely N-dealkylation sites (tertiary alicyclic amines) is 2. The first kappa shape index (κ1) is 21.2. The number of imidazole rings is 1. The summed E-state index contributed by atoms with van der Waals surface area (Å²) in [6.45, 7) is 8.89. The summed E-state index contributed by atoms with van der Waals surface area (Å²) in [5.41, 5.74) is 3.94. The van der Waals surface area contributed by atoms with Crippen molar-refractivity contribution in [1.29, 1.82) is 0 Å². The van der Waals surface area contributed by atoms with Gasteiger partial charge in [-0.25, -0.2) is 4.98 Å². The monoisotopic (exact) mass is 396 g/mol. The highest BCUT2D eigenvalue weighted by molar-refractivity contribution is 5.85. The Hall–Kier alpha value is -1.07. The van der Waals surface area contributed by atoms with Crippen molar-refractivity contribution < 1.29 is 0 Å². The molecule has 2 aliphatic rings. The molecule has 0 amide bonds. The van der Waals surface area contributed by atoms with E-state index in [1.165, 1.54) is 36.6 Å². The summed E-state index contributed by atoms with van der Waals surface area (Å²) in [7, 11) is 2.28. The van der Waals surface area contributed by atoms with Crippen LogP contribution in [0.5, 0.6) is 0 Å². The van der Waals surface area contributed by atoms with Gasteiger partial charge < -0.3 is 4.98 Å². The van der Waals surface area contributed by atoms with Crippen molar-refractivity contribution in [2.24, 2.45) is 11.8 Å². The van der Waals surface area contributed by atoms with Crippen molar-refractivity contribution in [1.82, 2.24) is 19.8 Å². The maximum absolute atomic E-state index is 4.77. The molecule has 3 heterocycles. The van der Waals surface area contributed by atoms with Crippen LogP contribution in [0.1, 0.15) is 35.7 Å². The molecule has 6 heteroatoms. The minimum atomic E-state index is 0. The first-order chi connectivity index (χ1) is 11.7. The predicted octanol–water partition coefficient (Wildman–Crippen LogP) is 3.86. The number of aromatic amines is 1. The number of benzene rings is 1. The molecule has 1 aromatic carbocycles. The second-order valence-electron chi connectivity index (χ2n) is 7.52. The van der Waals surface area contributed by atoms with E-state index in [1.54, 1.807) is 0 Å². The molecule has 1 N–H and O–H groups in total. The average molecular weight is 397 g/mol. The Morgan fingerprint density at radius 2 is 1.85 bits per heavy atom. The van der Waals surface area contributed by atoms with Crippen LogP contribution in [0.2, 0.25) is 0 Å². The van der Waals surface area contributed by atoms with E-state index in [2.05, 4.69) is 66.0 Å². The Kier molecular flexibility index (Phi) is 7.14. The molecular weight excluding hydrogens is 367 g/mol. The molecule has 2 aromatic rings. The van der Waals surface area contributed by atoms with Gasteiger partial charge in [0.05, 0.1) is 5.69 Å². The first-order valence-electron chi connectivity index (χ1n) is 9.17. The van der Waals surface area contributed by atoms with Crippen molar-refractivity contribution in [3.63, 3.8) is 0 Å². The summed E-state index contributed by atoms with van der Waals surface area (Å²) in [6.07, 6.45) is 0.979. The van der Waals surface area contributed by atoms with Crippen molar-refractivity contribution in [3.8, 4) is 0 Å². The quantitative estimate of drug-likeness (QED) is 0.851. The molecule has 2 aliphatic heterocycles. The highest BCUT2D eigenvalue weighted by Gasteiger charge is 2.45. The van der Waals surface area contributed by atoms with Crippen molar-refractivity contribution >= 4 is 24.8 Å². The highest BCUT2D eigenvalue weighted by atomic mass is 35.5. The van der Waals surface area contributed by atoms with E-state index in [1.807, 2.05) is 0 Å². The van der Waals surface area contributed by atoms with Crippen LogP contribution in [-0.2, 0) is 13.0 Å². The molecule has 0 saturated carbocycles. The molecule has 0 unspecified atom stereocenters. The fraction of sp³-hybridized carbons (Fsp3) is 0.550. The van der Waals surface area contributed by atoms with Crippen LogP contribution in [0, 0.1) is 18.8 Å². The number of halogens is 2. The van der Waals surface area contributed by atoms with E-state index in [9.17, 15) is 0 Å². The van der Waals surface area contributed by atoms with Gasteiger partial charge in [0.15, 0.2) is 0 Å². The van der Waals surface area contributed by atoms with Crippen LogP contribution in [0.4, 0.5) is 0 Å². The number of hydrogen-bond donors (Lipinski definition) is 1. The Balaban J connectivity index is 0.00000121. The van der Waals surface area contributed by atoms with Crippen molar-refractivity contribution in [3.05, 3.63) is 53.1 Å². The van der Waals surface area contributed by atoms with Gasteiger partial charge in [0.25, 0.3) is 0 Å². The summed E-state index contributed by atoms with van der Waals surface area (Å²) in [6, 6.07) is 11.6. The number of fused-ring (bicyclic) bond motifs is 1. The largest absolute Gasteiger partial charge is 0.346 e. The number of aromatic nitrogens is 2. The Bertz CT molecular complexity index is 703. The van der Waals surface area contributed by atoms with E-state index in [4.69, 9.17) is 4.98 Å². The summed E-state index contributed by atoms with van der Waals surface area (Å²) in [4.78, 5) is 13.3. The molecule has 4 rings (SSSR count). The smallest absolute Gasteiger partial charge is 0.106 e. The second-order valence-corrected chi connectivity index (χ2v) is 7.52. The Labute approximate surface area is 169 Å². The maximum Gasteiger partial charge on any atom is 0.106 e. The lowest BCUT2D eigenvalue weighted by Gasteiger charge is -2.26. The van der Waals surface area contributed by atoms with Crippen molar-refractivity contribution in [2.75, 3.05) is 26.7 Å². The molecule has 3 atom stereocenters. The third-order valence-electron chi connectivity index (χ3n) is 5.85. The molecule has 2 fully saturated rings. The van der Waals surface area contributed by atoms with Gasteiger partial charge in [-0.15, -0.1) is 24.8 Å². The van der Waals surface area contributed by atoms with Crippen LogP contribution in [-0.4, -0.2) is 46.4 Å². The third-order valence-corrected chi connectivity index (χ3v) is 5.85. The standard InChI is InChI=1S/C20H28N4.2ClH/c1-4-19-21-14(2)18(22-19)13-24-11-16-10-23(3)20(17(16)12-24)15-8-6-5-7-9-15;;/h5-9,16-17,20H,4,10-13H2,1-3H3,(H,21,22);2*1H/t16-,17+,20-;;/m0../s1. The number of aryl methyl sites for hydroxylation is 2. The molecule has 2 saturated heterocycles. The normalized spacial score (nSPS) is 25.6. The lowest BCUT2D eigenvalue weighted by Crippen LogP contribution is -2.29. The number of hydrogen-bond acceptors (Lipinski definition) is 3. The molecule has 0 aliphatic carbocycles. The zero-order valence-corrected chi connectivity index (χ0v) is 17.4. The van der Waals surface area contributed by atoms with E-state index in [-0.39, 0.29) is 24.8 Å². The van der Waals surface area contributed by atoms with Crippen LogP contribution in [0.15, 0.2) is 30.3 Å². The minimum Gasteiger partial charge on any atom is -0.346 e. The van der Waals surface area contributed by atoms with E-state index in [0.717, 1.165) is 30.6 Å². The fourth-order valence-corrected chi connectivity index (χ4v) is 4.73. The molecule has 1 aromatic heterocycles. The van der Waals surface area contributed by atoms with Gasteiger partial charge in [-0.3, -0.25) is 9.80 Å². The molecule has 0 spiro atoms. The third kappa shape index (κ3) is 3.94. The molecule has 144 valence electrons. The number of nitrogens with one attached hydrogen (secondary N) is 1. The second kappa shape index (κ2) is 8.75. The van der Waals surface area contributed by atoms with Gasteiger partial charge in [-0.1, -0.05) is 37.3 Å². The summed E-state index contributed by atoms with van der Waals surface area (Å²) in [5, 5.41) is 0. The van der Waals surface area contributed by atoms with Gasteiger partial charge in [0.1, 0.15) is 5.82 Å². The number of rotatable bonds is 4. The van der Waals surface area contributed by atoms with Gasteiger partial charge in [-0.2, -0.15) is 0 Å². The molecule has 4 nitrogen and oxygen atoms in total. The number of H-pyrrole nitrogens is 1. The summed E-state index contributed by atoms with van der Waals surface area (Å²) < 4.78 is 0. The van der Waals surface area contributed by atoms with Gasteiger partial charge >= 0.3 is 0 Å². The van der Waals surface area contributed by atoms with Crippen LogP contribution < -0.4 is 0 Å². The van der Waals surface area contributed by atoms with Crippen LogP contribution in [0.3, 0.4) is 0 Å².